The summed E-state index contributed by atoms with van der Waals surface area (Å²) in [4.78, 5) is 38.6. The lowest BCUT2D eigenvalue weighted by molar-refractivity contribution is 0.0989. The van der Waals surface area contributed by atoms with Gasteiger partial charge in [0.25, 0.3) is 5.91 Å². The van der Waals surface area contributed by atoms with Crippen molar-refractivity contribution in [1.29, 1.82) is 0 Å². The Bertz CT molecular complexity index is 1360. The zero-order chi connectivity index (χ0) is 26.0. The van der Waals surface area contributed by atoms with Crippen molar-refractivity contribution in [1.82, 2.24) is 9.88 Å². The van der Waals surface area contributed by atoms with E-state index in [0.717, 1.165) is 6.54 Å². The van der Waals surface area contributed by atoms with Crippen molar-refractivity contribution in [3.05, 3.63) is 86.8 Å². The zero-order valence-electron chi connectivity index (χ0n) is 20.0. The molecule has 0 fully saturated rings. The molecule has 0 saturated heterocycles. The van der Waals surface area contributed by atoms with E-state index in [-0.39, 0.29) is 23.4 Å². The molecule has 0 atom stereocenters. The number of aliphatic imine (C=N–C) groups is 1. The molecule has 4 rings (SSSR count). The van der Waals surface area contributed by atoms with Crippen molar-refractivity contribution in [3.8, 4) is 0 Å². The first kappa shape index (κ1) is 25.6. The fourth-order valence-corrected chi connectivity index (χ4v) is 4.35. The molecular formula is C26H24Cl2FN5O2. The molecule has 2 aromatic carbocycles. The Morgan fingerprint density at radius 1 is 1.08 bits per heavy atom. The Morgan fingerprint density at radius 3 is 2.47 bits per heavy atom. The minimum absolute atomic E-state index is 0.0645. The summed E-state index contributed by atoms with van der Waals surface area (Å²) >= 11 is 12.2. The fourth-order valence-electron chi connectivity index (χ4n) is 4.02. The van der Waals surface area contributed by atoms with Crippen molar-refractivity contribution >= 4 is 52.2 Å². The quantitative estimate of drug-likeness (QED) is 0.439. The van der Waals surface area contributed by atoms with Gasteiger partial charge in [-0.25, -0.2) is 9.37 Å². The van der Waals surface area contributed by atoms with Gasteiger partial charge in [0.1, 0.15) is 17.5 Å². The molecule has 0 aliphatic carbocycles. The molecule has 0 unspecified atom stereocenters. The van der Waals surface area contributed by atoms with Gasteiger partial charge in [0.05, 0.1) is 17.1 Å². The molecule has 1 aromatic heterocycles. The number of hydrogen-bond acceptors (Lipinski definition) is 6. The van der Waals surface area contributed by atoms with Crippen LogP contribution in [0.1, 0.15) is 31.8 Å². The molecule has 36 heavy (non-hydrogen) atoms. The van der Waals surface area contributed by atoms with E-state index in [2.05, 4.69) is 15.3 Å². The number of Topliss-reactive ketones (excluding diaryl/α,β-unsaturated/α-hetero) is 1. The van der Waals surface area contributed by atoms with Crippen LogP contribution in [-0.2, 0) is 6.42 Å². The van der Waals surface area contributed by atoms with Gasteiger partial charge in [0.2, 0.25) is 0 Å². The molecule has 1 aliphatic heterocycles. The van der Waals surface area contributed by atoms with Crippen molar-refractivity contribution in [2.24, 2.45) is 4.99 Å². The number of carbonyl (C=O) groups is 2. The third-order valence-corrected chi connectivity index (χ3v) is 6.25. The van der Waals surface area contributed by atoms with Gasteiger partial charge in [0, 0.05) is 62.1 Å². The van der Waals surface area contributed by atoms with Crippen LogP contribution in [-0.4, -0.2) is 61.6 Å². The summed E-state index contributed by atoms with van der Waals surface area (Å²) in [5, 5.41) is 3.45. The van der Waals surface area contributed by atoms with Crippen LogP contribution in [0.25, 0.3) is 0 Å². The molecule has 2 heterocycles. The van der Waals surface area contributed by atoms with Crippen LogP contribution in [0.2, 0.25) is 10.0 Å². The SMILES string of the molecule is CN1CCN=C1c1ccc(C(=O)Cc2c(C(=O)Nc3ccc(Cl)cn3)cc(Cl)cc2N(C)C)c(F)c1. The van der Waals surface area contributed by atoms with Crippen LogP contribution in [0.4, 0.5) is 15.9 Å². The molecule has 0 spiro atoms. The number of carbonyl (C=O) groups excluding carboxylic acids is 2. The summed E-state index contributed by atoms with van der Waals surface area (Å²) in [6, 6.07) is 10.8. The Labute approximate surface area is 218 Å². The van der Waals surface area contributed by atoms with E-state index < -0.39 is 17.5 Å². The second-order valence-corrected chi connectivity index (χ2v) is 9.46. The maximum Gasteiger partial charge on any atom is 0.257 e. The lowest BCUT2D eigenvalue weighted by atomic mass is 9.95. The average molecular weight is 528 g/mol. The summed E-state index contributed by atoms with van der Waals surface area (Å²) in [5.41, 5.74) is 1.73. The van der Waals surface area contributed by atoms with E-state index >= 15 is 4.39 Å². The summed E-state index contributed by atoms with van der Waals surface area (Å²) in [6.07, 6.45) is 1.20. The van der Waals surface area contributed by atoms with E-state index in [0.29, 0.717) is 39.2 Å². The van der Waals surface area contributed by atoms with Gasteiger partial charge < -0.3 is 15.1 Å². The predicted octanol–water partition coefficient (Wildman–Crippen LogP) is 4.96. The van der Waals surface area contributed by atoms with Crippen LogP contribution in [0.5, 0.6) is 0 Å². The fraction of sp³-hybridized carbons (Fsp3) is 0.231. The molecular weight excluding hydrogens is 504 g/mol. The number of likely N-dealkylation sites (N-methyl/N-ethyl adjacent to an activating group) is 1. The summed E-state index contributed by atoms with van der Waals surface area (Å²) in [5.74, 6) is -0.636. The maximum absolute atomic E-state index is 15.1. The van der Waals surface area contributed by atoms with Crippen LogP contribution in [0.15, 0.2) is 53.7 Å². The Kier molecular flexibility index (Phi) is 7.56. The third kappa shape index (κ3) is 5.50. The topological polar surface area (TPSA) is 77.9 Å². The summed E-state index contributed by atoms with van der Waals surface area (Å²) in [7, 11) is 5.44. The van der Waals surface area contributed by atoms with Gasteiger partial charge in [-0.2, -0.15) is 0 Å². The summed E-state index contributed by atoms with van der Waals surface area (Å²) < 4.78 is 15.1. The first-order chi connectivity index (χ1) is 17.1. The van der Waals surface area contributed by atoms with Crippen LogP contribution in [0.3, 0.4) is 0 Å². The third-order valence-electron chi connectivity index (χ3n) is 5.81. The summed E-state index contributed by atoms with van der Waals surface area (Å²) in [6.45, 7) is 1.41. The number of halogens is 3. The van der Waals surface area contributed by atoms with Crippen molar-refractivity contribution in [3.63, 3.8) is 0 Å². The highest BCUT2D eigenvalue weighted by atomic mass is 35.5. The van der Waals surface area contributed by atoms with Gasteiger partial charge in [-0.1, -0.05) is 29.3 Å². The number of amides is 1. The Balaban J connectivity index is 1.67. The molecule has 1 amide bonds. The van der Waals surface area contributed by atoms with E-state index in [4.69, 9.17) is 23.2 Å². The zero-order valence-corrected chi connectivity index (χ0v) is 21.5. The van der Waals surface area contributed by atoms with Crippen LogP contribution >= 0.6 is 23.2 Å². The monoisotopic (exact) mass is 527 g/mol. The van der Waals surface area contributed by atoms with Gasteiger partial charge in [0.15, 0.2) is 5.78 Å². The Hall–Kier alpha value is -3.49. The Morgan fingerprint density at radius 2 is 1.86 bits per heavy atom. The van der Waals surface area contributed by atoms with E-state index in [1.54, 1.807) is 43.3 Å². The number of amidine groups is 1. The van der Waals surface area contributed by atoms with Crippen molar-refractivity contribution in [2.45, 2.75) is 6.42 Å². The first-order valence-corrected chi connectivity index (χ1v) is 11.9. The lowest BCUT2D eigenvalue weighted by Gasteiger charge is -2.21. The second-order valence-electron chi connectivity index (χ2n) is 8.58. The standard InChI is InChI=1S/C26H24Cl2FN5O2/c1-33(2)22-12-17(28)11-20(26(36)32-24-7-5-16(27)14-31-24)19(22)13-23(35)18-6-4-15(10-21(18)29)25-30-8-9-34(25)3/h4-7,10-12,14H,8-9,13H2,1-3H3,(H,31,32,36). The van der Waals surface area contributed by atoms with Crippen molar-refractivity contribution < 1.29 is 14.0 Å². The largest absolute Gasteiger partial charge is 0.377 e. The molecule has 0 radical (unpaired) electrons. The molecule has 186 valence electrons. The van der Waals surface area contributed by atoms with Crippen molar-refractivity contribution in [2.75, 3.05) is 44.4 Å². The molecule has 3 aromatic rings. The molecule has 1 aliphatic rings. The highest BCUT2D eigenvalue weighted by Crippen LogP contribution is 2.30. The van der Waals surface area contributed by atoms with Gasteiger partial charge >= 0.3 is 0 Å². The van der Waals surface area contributed by atoms with E-state index in [1.807, 2.05) is 11.9 Å². The molecule has 1 N–H and O–H groups in total. The van der Waals surface area contributed by atoms with E-state index in [1.165, 1.54) is 24.4 Å². The van der Waals surface area contributed by atoms with Gasteiger partial charge in [-0.05, 0) is 42.0 Å². The van der Waals surface area contributed by atoms with E-state index in [9.17, 15) is 9.59 Å². The minimum Gasteiger partial charge on any atom is -0.377 e. The number of rotatable bonds is 7. The second kappa shape index (κ2) is 10.6. The smallest absolute Gasteiger partial charge is 0.257 e. The molecule has 7 nitrogen and oxygen atoms in total. The number of hydrogen-bond donors (Lipinski definition) is 1. The number of benzene rings is 2. The molecule has 10 heteroatoms. The number of anilines is 2. The number of pyridine rings is 1. The first-order valence-electron chi connectivity index (χ1n) is 11.2. The lowest BCUT2D eigenvalue weighted by Crippen LogP contribution is -2.24. The normalized spacial score (nSPS) is 12.9. The average Bonchev–Trinajstić information content (AvgIpc) is 3.26. The van der Waals surface area contributed by atoms with Crippen LogP contribution < -0.4 is 10.2 Å². The molecule has 0 bridgehead atoms. The van der Waals surface area contributed by atoms with Gasteiger partial charge in [-0.3, -0.25) is 14.6 Å². The number of nitrogens with zero attached hydrogens (tertiary/aromatic N) is 4. The van der Waals surface area contributed by atoms with Crippen LogP contribution in [0, 0.1) is 5.82 Å². The molecule has 0 saturated carbocycles. The number of nitrogens with one attached hydrogen (secondary N) is 1. The number of aromatic nitrogens is 1. The van der Waals surface area contributed by atoms with Gasteiger partial charge in [-0.15, -0.1) is 0 Å². The minimum atomic E-state index is -0.641. The number of ketones is 1. The maximum atomic E-state index is 15.1. The highest BCUT2D eigenvalue weighted by Gasteiger charge is 2.24. The highest BCUT2D eigenvalue weighted by molar-refractivity contribution is 6.31. The predicted molar refractivity (Wildman–Crippen MR) is 141 cm³/mol.